The van der Waals surface area contributed by atoms with E-state index in [0.29, 0.717) is 19.1 Å². The molecule has 6 heteroatoms. The van der Waals surface area contributed by atoms with Gasteiger partial charge < -0.3 is 15.2 Å². The number of aromatic nitrogens is 3. The molecular weight excluding hydrogens is 336 g/mol. The van der Waals surface area contributed by atoms with Crippen LogP contribution in [0, 0.1) is 12.8 Å². The Hall–Kier alpha value is -2.37. The van der Waals surface area contributed by atoms with Gasteiger partial charge in [0, 0.05) is 13.1 Å². The molecule has 1 heterocycles. The number of nitrogens with one attached hydrogen (secondary N) is 2. The summed E-state index contributed by atoms with van der Waals surface area (Å²) in [5.74, 6) is 3.58. The lowest BCUT2D eigenvalue weighted by Gasteiger charge is -2.29. The number of hydrogen-bond donors (Lipinski definition) is 2. The Balaban J connectivity index is 1.63. The lowest BCUT2D eigenvalue weighted by molar-refractivity contribution is 0.304. The molecule has 1 saturated carbocycles. The van der Waals surface area contributed by atoms with Gasteiger partial charge in [0.25, 0.3) is 0 Å². The monoisotopic (exact) mass is 368 g/mol. The maximum Gasteiger partial charge on any atom is 0.192 e. The normalized spacial score (nSPS) is 20.5. The van der Waals surface area contributed by atoms with Crippen LogP contribution in [0.5, 0.6) is 0 Å². The molecule has 3 rings (SSSR count). The number of guanidine groups is 1. The number of rotatable bonds is 6. The Morgan fingerprint density at radius 1 is 1.15 bits per heavy atom. The van der Waals surface area contributed by atoms with Crippen molar-refractivity contribution < 1.29 is 0 Å². The molecule has 1 aromatic heterocycles. The predicted molar refractivity (Wildman–Crippen MR) is 109 cm³/mol. The van der Waals surface area contributed by atoms with E-state index < -0.39 is 0 Å². The van der Waals surface area contributed by atoms with Crippen molar-refractivity contribution in [1.29, 1.82) is 0 Å². The van der Waals surface area contributed by atoms with Gasteiger partial charge >= 0.3 is 0 Å². The van der Waals surface area contributed by atoms with E-state index in [1.807, 2.05) is 24.6 Å². The van der Waals surface area contributed by atoms with Gasteiger partial charge in [-0.25, -0.2) is 4.99 Å². The summed E-state index contributed by atoms with van der Waals surface area (Å²) in [5.41, 5.74) is 1.21. The van der Waals surface area contributed by atoms with Crippen LogP contribution < -0.4 is 10.6 Å². The van der Waals surface area contributed by atoms with Crippen molar-refractivity contribution in [2.45, 2.75) is 65.1 Å². The third-order valence-electron chi connectivity index (χ3n) is 5.62. The second kappa shape index (κ2) is 9.53. The molecule has 0 saturated heterocycles. The molecule has 146 valence electrons. The first kappa shape index (κ1) is 19.4. The van der Waals surface area contributed by atoms with E-state index in [-0.39, 0.29) is 0 Å². The first-order chi connectivity index (χ1) is 13.2. The van der Waals surface area contributed by atoms with Crippen molar-refractivity contribution in [3.05, 3.63) is 47.5 Å². The van der Waals surface area contributed by atoms with Crippen LogP contribution in [0.3, 0.4) is 0 Å². The molecule has 27 heavy (non-hydrogen) atoms. The summed E-state index contributed by atoms with van der Waals surface area (Å²) in [7, 11) is 1.99. The van der Waals surface area contributed by atoms with Crippen molar-refractivity contribution in [3.63, 3.8) is 0 Å². The Morgan fingerprint density at radius 3 is 2.52 bits per heavy atom. The summed E-state index contributed by atoms with van der Waals surface area (Å²) in [6, 6.07) is 10.9. The quantitative estimate of drug-likeness (QED) is 0.606. The highest BCUT2D eigenvalue weighted by molar-refractivity contribution is 5.80. The Kier molecular flexibility index (Phi) is 6.85. The first-order valence-electron chi connectivity index (χ1n) is 10.1. The Morgan fingerprint density at radius 2 is 1.89 bits per heavy atom. The molecule has 1 aromatic carbocycles. The molecule has 0 unspecified atom stereocenters. The molecule has 1 fully saturated rings. The van der Waals surface area contributed by atoms with Gasteiger partial charge in [0.2, 0.25) is 0 Å². The lowest BCUT2D eigenvalue weighted by atomic mass is 9.84. The zero-order valence-corrected chi connectivity index (χ0v) is 16.8. The third-order valence-corrected chi connectivity index (χ3v) is 5.62. The van der Waals surface area contributed by atoms with Gasteiger partial charge in [-0.05, 0) is 44.1 Å². The SMILES string of the molecule is CCC1CCC(NC(=NCc2ccccc2)NCc2nnc(C)n2C)CC1. The van der Waals surface area contributed by atoms with Crippen LogP contribution in [-0.2, 0) is 20.1 Å². The summed E-state index contributed by atoms with van der Waals surface area (Å²) in [6.07, 6.45) is 6.35. The van der Waals surface area contributed by atoms with Crippen molar-refractivity contribution in [1.82, 2.24) is 25.4 Å². The fourth-order valence-corrected chi connectivity index (χ4v) is 3.58. The Bertz CT molecular complexity index is 728. The van der Waals surface area contributed by atoms with Gasteiger partial charge in [-0.1, -0.05) is 43.7 Å². The molecule has 2 N–H and O–H groups in total. The summed E-state index contributed by atoms with van der Waals surface area (Å²) < 4.78 is 2.01. The average molecular weight is 369 g/mol. The van der Waals surface area contributed by atoms with Gasteiger partial charge in [0.05, 0.1) is 13.1 Å². The molecule has 0 aliphatic heterocycles. The highest BCUT2D eigenvalue weighted by atomic mass is 15.3. The molecular formula is C21H32N6. The lowest BCUT2D eigenvalue weighted by Crippen LogP contribution is -2.45. The van der Waals surface area contributed by atoms with E-state index in [4.69, 9.17) is 4.99 Å². The van der Waals surface area contributed by atoms with Crippen LogP contribution in [-0.4, -0.2) is 26.8 Å². The third kappa shape index (κ3) is 5.55. The average Bonchev–Trinajstić information content (AvgIpc) is 3.03. The number of aliphatic imine (C=N–C) groups is 1. The van der Waals surface area contributed by atoms with E-state index in [0.717, 1.165) is 23.5 Å². The standard InChI is InChI=1S/C21H32N6/c1-4-17-10-12-19(13-11-17)24-21(22-14-18-8-6-5-7-9-18)23-15-20-26-25-16(2)27(20)3/h5-9,17,19H,4,10-15H2,1-3H3,(H2,22,23,24). The maximum absolute atomic E-state index is 4.82. The van der Waals surface area contributed by atoms with Gasteiger partial charge in [-0.3, -0.25) is 0 Å². The molecule has 2 aromatic rings. The summed E-state index contributed by atoms with van der Waals surface area (Å²) in [5, 5.41) is 15.5. The molecule has 0 atom stereocenters. The predicted octanol–water partition coefficient (Wildman–Crippen LogP) is 3.33. The van der Waals surface area contributed by atoms with Crippen LogP contribution in [0.25, 0.3) is 0 Å². The molecule has 1 aliphatic rings. The number of aryl methyl sites for hydroxylation is 1. The second-order valence-electron chi connectivity index (χ2n) is 7.50. The second-order valence-corrected chi connectivity index (χ2v) is 7.50. The highest BCUT2D eigenvalue weighted by Gasteiger charge is 2.20. The minimum atomic E-state index is 0.496. The molecule has 0 spiro atoms. The van der Waals surface area contributed by atoms with E-state index in [9.17, 15) is 0 Å². The molecule has 0 amide bonds. The number of nitrogens with zero attached hydrogens (tertiary/aromatic N) is 4. The smallest absolute Gasteiger partial charge is 0.192 e. The van der Waals surface area contributed by atoms with Gasteiger partial charge in [-0.15, -0.1) is 10.2 Å². The zero-order valence-electron chi connectivity index (χ0n) is 16.8. The van der Waals surface area contributed by atoms with E-state index in [1.165, 1.54) is 37.7 Å². The largest absolute Gasteiger partial charge is 0.354 e. The molecule has 0 radical (unpaired) electrons. The summed E-state index contributed by atoms with van der Waals surface area (Å²) in [6.45, 7) is 5.54. The number of hydrogen-bond acceptors (Lipinski definition) is 3. The van der Waals surface area contributed by atoms with Crippen LogP contribution in [0.1, 0.15) is 56.2 Å². The molecule has 6 nitrogen and oxygen atoms in total. The van der Waals surface area contributed by atoms with E-state index >= 15 is 0 Å². The topological polar surface area (TPSA) is 67.1 Å². The number of benzene rings is 1. The molecule has 0 bridgehead atoms. The Labute approximate surface area is 162 Å². The zero-order chi connectivity index (χ0) is 19.1. The van der Waals surface area contributed by atoms with E-state index in [1.54, 1.807) is 0 Å². The fraction of sp³-hybridized carbons (Fsp3) is 0.571. The van der Waals surface area contributed by atoms with E-state index in [2.05, 4.69) is 52.0 Å². The van der Waals surface area contributed by atoms with Crippen molar-refractivity contribution in [2.24, 2.45) is 18.0 Å². The van der Waals surface area contributed by atoms with Gasteiger partial charge in [0.15, 0.2) is 11.8 Å². The molecule has 1 aliphatic carbocycles. The minimum absolute atomic E-state index is 0.496. The van der Waals surface area contributed by atoms with Crippen LogP contribution in [0.4, 0.5) is 0 Å². The van der Waals surface area contributed by atoms with Crippen LogP contribution in [0.15, 0.2) is 35.3 Å². The summed E-state index contributed by atoms with van der Waals surface area (Å²) >= 11 is 0. The van der Waals surface area contributed by atoms with Crippen LogP contribution in [0.2, 0.25) is 0 Å². The summed E-state index contributed by atoms with van der Waals surface area (Å²) in [4.78, 5) is 4.82. The van der Waals surface area contributed by atoms with Crippen molar-refractivity contribution in [3.8, 4) is 0 Å². The van der Waals surface area contributed by atoms with Crippen molar-refractivity contribution >= 4 is 5.96 Å². The van der Waals surface area contributed by atoms with Crippen LogP contribution >= 0.6 is 0 Å². The van der Waals surface area contributed by atoms with Gasteiger partial charge in [0.1, 0.15) is 5.82 Å². The maximum atomic E-state index is 4.82. The highest BCUT2D eigenvalue weighted by Crippen LogP contribution is 2.26. The first-order valence-corrected chi connectivity index (χ1v) is 10.1. The minimum Gasteiger partial charge on any atom is -0.354 e. The van der Waals surface area contributed by atoms with Crippen molar-refractivity contribution in [2.75, 3.05) is 0 Å². The van der Waals surface area contributed by atoms with Gasteiger partial charge in [-0.2, -0.15) is 0 Å². The fourth-order valence-electron chi connectivity index (χ4n) is 3.58.